The van der Waals surface area contributed by atoms with Gasteiger partial charge < -0.3 is 5.32 Å². The molecule has 2 rings (SSSR count). The Labute approximate surface area is 103 Å². The van der Waals surface area contributed by atoms with Crippen molar-refractivity contribution in [2.75, 3.05) is 5.32 Å². The van der Waals surface area contributed by atoms with Crippen LogP contribution in [0.4, 0.5) is 5.69 Å². The molecule has 1 aromatic heterocycles. The molecule has 0 fully saturated rings. The fraction of sp³-hybridized carbons (Fsp3) is 0.182. The molecule has 0 bridgehead atoms. The quantitative estimate of drug-likeness (QED) is 0.846. The Balaban J connectivity index is 2.32. The van der Waals surface area contributed by atoms with Crippen LogP contribution in [0.5, 0.6) is 0 Å². The summed E-state index contributed by atoms with van der Waals surface area (Å²) < 4.78 is 1.58. The predicted octanol–water partition coefficient (Wildman–Crippen LogP) is 1.83. The van der Waals surface area contributed by atoms with Gasteiger partial charge in [0.2, 0.25) is 5.91 Å². The van der Waals surface area contributed by atoms with Gasteiger partial charge in [-0.2, -0.15) is 0 Å². The minimum Gasteiger partial charge on any atom is -0.323 e. The van der Waals surface area contributed by atoms with E-state index < -0.39 is 5.38 Å². The van der Waals surface area contributed by atoms with E-state index >= 15 is 0 Å². The van der Waals surface area contributed by atoms with Crippen molar-refractivity contribution in [2.45, 2.75) is 12.3 Å². The number of rotatable bonds is 3. The van der Waals surface area contributed by atoms with Crippen LogP contribution in [0.2, 0.25) is 0 Å². The minimum atomic E-state index is -0.584. The molecule has 0 aliphatic carbocycles. The minimum absolute atomic E-state index is 0.251. The van der Waals surface area contributed by atoms with Crippen molar-refractivity contribution in [3.05, 3.63) is 36.7 Å². The molecule has 2 aromatic rings. The lowest BCUT2D eigenvalue weighted by Gasteiger charge is -2.11. The molecule has 1 atom stereocenters. The maximum Gasteiger partial charge on any atom is 0.242 e. The molecule has 0 saturated carbocycles. The highest BCUT2D eigenvalue weighted by Gasteiger charge is 2.12. The second-order valence-corrected chi connectivity index (χ2v) is 4.12. The van der Waals surface area contributed by atoms with Gasteiger partial charge in [0.25, 0.3) is 0 Å². The monoisotopic (exact) mass is 250 g/mol. The van der Waals surface area contributed by atoms with Gasteiger partial charge in [0.1, 0.15) is 5.38 Å². The van der Waals surface area contributed by atoms with E-state index in [0.29, 0.717) is 5.69 Å². The van der Waals surface area contributed by atoms with Crippen LogP contribution in [-0.4, -0.2) is 26.3 Å². The van der Waals surface area contributed by atoms with Crippen LogP contribution in [0.25, 0.3) is 5.69 Å². The third-order valence-electron chi connectivity index (χ3n) is 2.19. The van der Waals surface area contributed by atoms with Crippen molar-refractivity contribution in [1.82, 2.24) is 15.0 Å². The first-order valence-electron chi connectivity index (χ1n) is 5.09. The van der Waals surface area contributed by atoms with Crippen LogP contribution >= 0.6 is 11.6 Å². The van der Waals surface area contributed by atoms with E-state index in [1.54, 1.807) is 30.1 Å². The molecule has 0 aliphatic heterocycles. The number of alkyl halides is 1. The number of nitrogens with zero attached hydrogens (tertiary/aromatic N) is 3. The molecule has 5 nitrogen and oxygen atoms in total. The summed E-state index contributed by atoms with van der Waals surface area (Å²) >= 11 is 5.71. The molecule has 0 spiro atoms. The molecule has 0 saturated heterocycles. The normalized spacial score (nSPS) is 12.1. The van der Waals surface area contributed by atoms with Crippen molar-refractivity contribution >= 4 is 23.2 Å². The highest BCUT2D eigenvalue weighted by molar-refractivity contribution is 6.32. The van der Waals surface area contributed by atoms with Crippen molar-refractivity contribution in [1.29, 1.82) is 0 Å². The maximum atomic E-state index is 11.5. The summed E-state index contributed by atoms with van der Waals surface area (Å²) in [4.78, 5) is 11.5. The fourth-order valence-corrected chi connectivity index (χ4v) is 1.40. The Morgan fingerprint density at radius 3 is 2.88 bits per heavy atom. The molecule has 0 aliphatic rings. The van der Waals surface area contributed by atoms with Crippen LogP contribution < -0.4 is 5.32 Å². The number of amides is 1. The predicted molar refractivity (Wildman–Crippen MR) is 65.3 cm³/mol. The second kappa shape index (κ2) is 4.97. The molecule has 1 amide bonds. The van der Waals surface area contributed by atoms with E-state index in [1.165, 1.54) is 0 Å². The van der Waals surface area contributed by atoms with Crippen molar-refractivity contribution in [3.63, 3.8) is 0 Å². The van der Waals surface area contributed by atoms with E-state index in [0.717, 1.165) is 5.69 Å². The summed E-state index contributed by atoms with van der Waals surface area (Å²) in [7, 11) is 0. The Kier molecular flexibility index (Phi) is 3.39. The van der Waals surface area contributed by atoms with Gasteiger partial charge in [-0.3, -0.25) is 4.79 Å². The molecule has 0 radical (unpaired) electrons. The zero-order chi connectivity index (χ0) is 12.3. The molecule has 1 aromatic carbocycles. The first kappa shape index (κ1) is 11.6. The summed E-state index contributed by atoms with van der Waals surface area (Å²) in [5, 5.41) is 9.76. The highest BCUT2D eigenvalue weighted by Crippen LogP contribution is 2.19. The summed E-state index contributed by atoms with van der Waals surface area (Å²) in [5.41, 5.74) is 1.39. The Hall–Kier alpha value is -1.88. The summed E-state index contributed by atoms with van der Waals surface area (Å²) in [5.74, 6) is -0.251. The zero-order valence-electron chi connectivity index (χ0n) is 9.17. The van der Waals surface area contributed by atoms with E-state index in [2.05, 4.69) is 15.6 Å². The number of hydrogen-bond donors (Lipinski definition) is 1. The smallest absolute Gasteiger partial charge is 0.242 e. The number of benzene rings is 1. The molecular weight excluding hydrogens is 240 g/mol. The van der Waals surface area contributed by atoms with Crippen LogP contribution in [0.1, 0.15) is 6.92 Å². The van der Waals surface area contributed by atoms with E-state index in [9.17, 15) is 4.79 Å². The maximum absolute atomic E-state index is 11.5. The third kappa shape index (κ3) is 2.62. The lowest BCUT2D eigenvalue weighted by atomic mass is 10.2. The third-order valence-corrected chi connectivity index (χ3v) is 2.39. The average molecular weight is 251 g/mol. The lowest BCUT2D eigenvalue weighted by molar-refractivity contribution is -0.115. The van der Waals surface area contributed by atoms with Gasteiger partial charge in [0.15, 0.2) is 0 Å². The fourth-order valence-electron chi connectivity index (χ4n) is 1.35. The zero-order valence-corrected chi connectivity index (χ0v) is 9.93. The molecule has 17 heavy (non-hydrogen) atoms. The van der Waals surface area contributed by atoms with Gasteiger partial charge in [0, 0.05) is 0 Å². The van der Waals surface area contributed by atoms with Gasteiger partial charge in [-0.15, -0.1) is 16.7 Å². The van der Waals surface area contributed by atoms with Gasteiger partial charge >= 0.3 is 0 Å². The van der Waals surface area contributed by atoms with Crippen molar-refractivity contribution in [3.8, 4) is 5.69 Å². The summed E-state index contributed by atoms with van der Waals surface area (Å²) in [6.45, 7) is 1.62. The summed E-state index contributed by atoms with van der Waals surface area (Å²) in [6.07, 6.45) is 3.28. The van der Waals surface area contributed by atoms with Gasteiger partial charge in [0.05, 0.1) is 23.8 Å². The highest BCUT2D eigenvalue weighted by atomic mass is 35.5. The summed E-state index contributed by atoms with van der Waals surface area (Å²) in [6, 6.07) is 7.31. The largest absolute Gasteiger partial charge is 0.323 e. The second-order valence-electron chi connectivity index (χ2n) is 3.47. The average Bonchev–Trinajstić information content (AvgIpc) is 2.83. The number of para-hydroxylation sites is 2. The molecule has 6 heteroatoms. The number of carbonyl (C=O) groups excluding carboxylic acids is 1. The number of carbonyl (C=O) groups is 1. The van der Waals surface area contributed by atoms with E-state index in [-0.39, 0.29) is 5.91 Å². The van der Waals surface area contributed by atoms with E-state index in [4.69, 9.17) is 11.6 Å². The van der Waals surface area contributed by atoms with Crippen LogP contribution in [0.15, 0.2) is 36.7 Å². The van der Waals surface area contributed by atoms with Crippen molar-refractivity contribution < 1.29 is 4.79 Å². The van der Waals surface area contributed by atoms with E-state index in [1.807, 2.05) is 18.2 Å². The number of aromatic nitrogens is 3. The lowest BCUT2D eigenvalue weighted by Crippen LogP contribution is -2.21. The molecular formula is C11H11ClN4O. The van der Waals surface area contributed by atoms with Crippen LogP contribution in [0, 0.1) is 0 Å². The van der Waals surface area contributed by atoms with Crippen LogP contribution in [-0.2, 0) is 4.79 Å². The van der Waals surface area contributed by atoms with Gasteiger partial charge in [-0.25, -0.2) is 4.68 Å². The molecule has 1 N–H and O–H groups in total. The van der Waals surface area contributed by atoms with Crippen molar-refractivity contribution in [2.24, 2.45) is 0 Å². The number of hydrogen-bond acceptors (Lipinski definition) is 3. The standard InChI is InChI=1S/C11H11ClN4O/c1-8(12)11(17)14-9-4-2-3-5-10(9)16-7-6-13-15-16/h2-8H,1H3,(H,14,17). The Morgan fingerprint density at radius 1 is 1.47 bits per heavy atom. The first-order valence-corrected chi connectivity index (χ1v) is 5.53. The van der Waals surface area contributed by atoms with Crippen LogP contribution in [0.3, 0.4) is 0 Å². The SMILES string of the molecule is CC(Cl)C(=O)Nc1ccccc1-n1ccnn1. The first-order chi connectivity index (χ1) is 8.18. The topological polar surface area (TPSA) is 59.8 Å². The Bertz CT molecular complexity index is 510. The van der Waals surface area contributed by atoms with Gasteiger partial charge in [-0.1, -0.05) is 17.3 Å². The number of halogens is 1. The number of nitrogens with one attached hydrogen (secondary N) is 1. The molecule has 1 heterocycles. The Morgan fingerprint density at radius 2 is 2.24 bits per heavy atom. The van der Waals surface area contributed by atoms with Gasteiger partial charge in [-0.05, 0) is 19.1 Å². The molecule has 88 valence electrons. The number of anilines is 1. The molecule has 1 unspecified atom stereocenters.